The van der Waals surface area contributed by atoms with Crippen LogP contribution in [0, 0.1) is 6.92 Å². The van der Waals surface area contributed by atoms with Crippen molar-refractivity contribution < 1.29 is 9.53 Å². The zero-order valence-electron chi connectivity index (χ0n) is 14.8. The Morgan fingerprint density at radius 3 is 2.48 bits per heavy atom. The monoisotopic (exact) mass is 382 g/mol. The number of anilines is 2. The molecule has 0 saturated carbocycles. The Bertz CT molecular complexity index is 899. The number of ether oxygens (including phenoxy) is 1. The predicted molar refractivity (Wildman–Crippen MR) is 106 cm³/mol. The number of halogens is 1. The smallest absolute Gasteiger partial charge is 0.263 e. The fourth-order valence-electron chi connectivity index (χ4n) is 2.37. The average molecular weight is 383 g/mol. The molecule has 1 aromatic heterocycles. The van der Waals surface area contributed by atoms with Gasteiger partial charge in [-0.15, -0.1) is 10.2 Å². The van der Waals surface area contributed by atoms with Crippen molar-refractivity contribution in [1.29, 1.82) is 0 Å². The van der Waals surface area contributed by atoms with Crippen LogP contribution in [0.5, 0.6) is 5.75 Å². The summed E-state index contributed by atoms with van der Waals surface area (Å²) >= 11 is 5.80. The molecule has 0 radical (unpaired) electrons. The SMILES string of the molecule is Cc1cccc(CNc2ccc(NC(=O)COc3ccc(Cl)cc3)nn2)c1. The topological polar surface area (TPSA) is 76.1 Å². The van der Waals surface area contributed by atoms with Crippen LogP contribution in [-0.4, -0.2) is 22.7 Å². The first-order valence-corrected chi connectivity index (χ1v) is 8.78. The third-order valence-corrected chi connectivity index (χ3v) is 3.92. The van der Waals surface area contributed by atoms with Crippen LogP contribution >= 0.6 is 11.6 Å². The Morgan fingerprint density at radius 2 is 1.78 bits per heavy atom. The van der Waals surface area contributed by atoms with Gasteiger partial charge in [-0.2, -0.15) is 0 Å². The van der Waals surface area contributed by atoms with Gasteiger partial charge in [0.25, 0.3) is 5.91 Å². The lowest BCUT2D eigenvalue weighted by Gasteiger charge is -2.08. The summed E-state index contributed by atoms with van der Waals surface area (Å²) in [6, 6.07) is 18.5. The molecular formula is C20H19ClN4O2. The van der Waals surface area contributed by atoms with Crippen molar-refractivity contribution in [2.45, 2.75) is 13.5 Å². The molecule has 0 atom stereocenters. The molecule has 0 aliphatic carbocycles. The third-order valence-electron chi connectivity index (χ3n) is 3.67. The molecule has 0 spiro atoms. The molecule has 2 aromatic carbocycles. The summed E-state index contributed by atoms with van der Waals surface area (Å²) in [6.45, 7) is 2.57. The minimum absolute atomic E-state index is 0.128. The van der Waals surface area contributed by atoms with Gasteiger partial charge in [0.15, 0.2) is 12.4 Å². The predicted octanol–water partition coefficient (Wildman–Crippen LogP) is 4.07. The van der Waals surface area contributed by atoms with Crippen molar-refractivity contribution >= 4 is 29.1 Å². The molecule has 0 aliphatic heterocycles. The number of rotatable bonds is 7. The number of benzene rings is 2. The van der Waals surface area contributed by atoms with Crippen LogP contribution < -0.4 is 15.4 Å². The summed E-state index contributed by atoms with van der Waals surface area (Å²) in [5.74, 6) is 1.24. The summed E-state index contributed by atoms with van der Waals surface area (Å²) in [5, 5.41) is 14.5. The van der Waals surface area contributed by atoms with Crippen molar-refractivity contribution in [3.05, 3.63) is 76.8 Å². The highest BCUT2D eigenvalue weighted by atomic mass is 35.5. The molecule has 0 saturated heterocycles. The van der Waals surface area contributed by atoms with Crippen LogP contribution in [0.3, 0.4) is 0 Å². The van der Waals surface area contributed by atoms with Crippen molar-refractivity contribution in [2.75, 3.05) is 17.2 Å². The van der Waals surface area contributed by atoms with Gasteiger partial charge < -0.3 is 15.4 Å². The molecule has 7 heteroatoms. The van der Waals surface area contributed by atoms with Gasteiger partial charge in [-0.3, -0.25) is 4.79 Å². The maximum absolute atomic E-state index is 11.9. The molecule has 0 bridgehead atoms. The Balaban J connectivity index is 1.46. The Hall–Kier alpha value is -3.12. The van der Waals surface area contributed by atoms with Gasteiger partial charge in [0.05, 0.1) is 0 Å². The van der Waals surface area contributed by atoms with E-state index in [-0.39, 0.29) is 12.5 Å². The second-order valence-electron chi connectivity index (χ2n) is 5.94. The van der Waals surface area contributed by atoms with Crippen LogP contribution in [0.2, 0.25) is 5.02 Å². The van der Waals surface area contributed by atoms with Gasteiger partial charge in [0.1, 0.15) is 11.6 Å². The van der Waals surface area contributed by atoms with E-state index in [1.54, 1.807) is 36.4 Å². The molecule has 1 heterocycles. The number of amides is 1. The number of carbonyl (C=O) groups is 1. The van der Waals surface area contributed by atoms with E-state index in [4.69, 9.17) is 16.3 Å². The molecule has 3 rings (SSSR count). The lowest BCUT2D eigenvalue weighted by atomic mass is 10.1. The summed E-state index contributed by atoms with van der Waals surface area (Å²) in [7, 11) is 0. The number of aromatic nitrogens is 2. The summed E-state index contributed by atoms with van der Waals surface area (Å²) in [5.41, 5.74) is 2.37. The molecule has 138 valence electrons. The standard InChI is InChI=1S/C20H19ClN4O2/c1-14-3-2-4-15(11-14)12-22-18-9-10-19(25-24-18)23-20(26)13-27-17-7-5-16(21)6-8-17/h2-11H,12-13H2,1H3,(H,22,24)(H,23,25,26). The van der Waals surface area contributed by atoms with Gasteiger partial charge in [-0.05, 0) is 48.9 Å². The summed E-state index contributed by atoms with van der Waals surface area (Å²) < 4.78 is 5.38. The first-order valence-electron chi connectivity index (χ1n) is 8.40. The van der Waals surface area contributed by atoms with E-state index < -0.39 is 0 Å². The number of hydrogen-bond acceptors (Lipinski definition) is 5. The zero-order valence-corrected chi connectivity index (χ0v) is 15.5. The Labute approximate surface area is 162 Å². The van der Waals surface area contributed by atoms with E-state index in [1.807, 2.05) is 12.1 Å². The van der Waals surface area contributed by atoms with Gasteiger partial charge >= 0.3 is 0 Å². The number of carbonyl (C=O) groups excluding carboxylic acids is 1. The van der Waals surface area contributed by atoms with Crippen molar-refractivity contribution in [2.24, 2.45) is 0 Å². The lowest BCUT2D eigenvalue weighted by molar-refractivity contribution is -0.118. The molecule has 6 nitrogen and oxygen atoms in total. The van der Waals surface area contributed by atoms with E-state index in [1.165, 1.54) is 5.56 Å². The normalized spacial score (nSPS) is 10.3. The molecule has 0 fully saturated rings. The fraction of sp³-hybridized carbons (Fsp3) is 0.150. The van der Waals surface area contributed by atoms with Gasteiger partial charge in [0.2, 0.25) is 0 Å². The van der Waals surface area contributed by atoms with Crippen LogP contribution in [0.25, 0.3) is 0 Å². The highest BCUT2D eigenvalue weighted by Crippen LogP contribution is 2.15. The number of nitrogens with one attached hydrogen (secondary N) is 2. The van der Waals surface area contributed by atoms with Crippen molar-refractivity contribution in [1.82, 2.24) is 10.2 Å². The second-order valence-corrected chi connectivity index (χ2v) is 6.37. The first kappa shape index (κ1) is 18.7. The molecule has 27 heavy (non-hydrogen) atoms. The highest BCUT2D eigenvalue weighted by molar-refractivity contribution is 6.30. The molecule has 0 unspecified atom stereocenters. The van der Waals surface area contributed by atoms with Crippen LogP contribution in [0.4, 0.5) is 11.6 Å². The van der Waals surface area contributed by atoms with Gasteiger partial charge in [0, 0.05) is 11.6 Å². The lowest BCUT2D eigenvalue weighted by Crippen LogP contribution is -2.21. The van der Waals surface area contributed by atoms with Crippen LogP contribution in [0.15, 0.2) is 60.7 Å². The van der Waals surface area contributed by atoms with Gasteiger partial charge in [-0.25, -0.2) is 0 Å². The van der Waals surface area contributed by atoms with E-state index >= 15 is 0 Å². The number of nitrogens with zero attached hydrogens (tertiary/aromatic N) is 2. The zero-order chi connectivity index (χ0) is 19.1. The molecule has 2 N–H and O–H groups in total. The van der Waals surface area contributed by atoms with E-state index in [2.05, 4.69) is 39.9 Å². The number of aryl methyl sites for hydroxylation is 1. The minimum atomic E-state index is -0.320. The maximum Gasteiger partial charge on any atom is 0.263 e. The summed E-state index contributed by atoms with van der Waals surface area (Å²) in [6.07, 6.45) is 0. The van der Waals surface area contributed by atoms with Crippen LogP contribution in [-0.2, 0) is 11.3 Å². The average Bonchev–Trinajstić information content (AvgIpc) is 2.67. The quantitative estimate of drug-likeness (QED) is 0.644. The van der Waals surface area contributed by atoms with Crippen LogP contribution in [0.1, 0.15) is 11.1 Å². The Morgan fingerprint density at radius 1 is 1.04 bits per heavy atom. The molecule has 1 amide bonds. The molecule has 3 aromatic rings. The second kappa shape index (κ2) is 9.00. The van der Waals surface area contributed by atoms with Crippen molar-refractivity contribution in [3.63, 3.8) is 0 Å². The molecular weight excluding hydrogens is 364 g/mol. The minimum Gasteiger partial charge on any atom is -0.484 e. The van der Waals surface area contributed by atoms with E-state index in [0.29, 0.717) is 29.0 Å². The van der Waals surface area contributed by atoms with E-state index in [9.17, 15) is 4.79 Å². The fourth-order valence-corrected chi connectivity index (χ4v) is 2.49. The first-order chi connectivity index (χ1) is 13.1. The highest BCUT2D eigenvalue weighted by Gasteiger charge is 2.06. The maximum atomic E-state index is 11.9. The largest absolute Gasteiger partial charge is 0.484 e. The van der Waals surface area contributed by atoms with E-state index in [0.717, 1.165) is 5.56 Å². The summed E-state index contributed by atoms with van der Waals surface area (Å²) in [4.78, 5) is 11.9. The van der Waals surface area contributed by atoms with Crippen molar-refractivity contribution in [3.8, 4) is 5.75 Å². The third kappa shape index (κ3) is 5.97. The molecule has 0 aliphatic rings. The number of hydrogen-bond donors (Lipinski definition) is 2. The van der Waals surface area contributed by atoms with Gasteiger partial charge in [-0.1, -0.05) is 41.4 Å². The Kier molecular flexibility index (Phi) is 6.22.